The first-order chi connectivity index (χ1) is 9.89. The van der Waals surface area contributed by atoms with Gasteiger partial charge >= 0.3 is 0 Å². The average Bonchev–Trinajstić information content (AvgIpc) is 2.70. The van der Waals surface area contributed by atoms with Gasteiger partial charge in [-0.3, -0.25) is 4.79 Å². The second kappa shape index (κ2) is 6.36. The molecule has 0 saturated carbocycles. The maximum atomic E-state index is 11.9. The normalized spacial score (nSPS) is 35.5. The molecule has 2 rings (SSSR count). The Labute approximate surface area is 125 Å². The van der Waals surface area contributed by atoms with Gasteiger partial charge in [0.15, 0.2) is 6.10 Å². The highest BCUT2D eigenvalue weighted by atomic mass is 16.7. The first-order valence-corrected chi connectivity index (χ1v) is 7.91. The van der Waals surface area contributed by atoms with E-state index in [-0.39, 0.29) is 17.3 Å². The highest BCUT2D eigenvalue weighted by molar-refractivity contribution is 6.01. The zero-order valence-electron chi connectivity index (χ0n) is 13.1. The third-order valence-corrected chi connectivity index (χ3v) is 4.44. The summed E-state index contributed by atoms with van der Waals surface area (Å²) in [4.78, 5) is 11.9. The number of carbonyl (C=O) groups is 1. The molecule has 0 aromatic carbocycles. The van der Waals surface area contributed by atoms with Gasteiger partial charge in [0.2, 0.25) is 5.78 Å². The van der Waals surface area contributed by atoms with Gasteiger partial charge in [-0.1, -0.05) is 32.6 Å². The van der Waals surface area contributed by atoms with Crippen LogP contribution in [0.1, 0.15) is 59.3 Å². The van der Waals surface area contributed by atoms with Crippen molar-refractivity contribution in [3.05, 3.63) is 11.5 Å². The minimum atomic E-state index is -1.47. The Kier molecular flexibility index (Phi) is 4.94. The number of aliphatic hydroxyl groups excluding tert-OH is 1. The lowest BCUT2D eigenvalue weighted by Gasteiger charge is -2.40. The first-order valence-electron chi connectivity index (χ1n) is 7.91. The van der Waals surface area contributed by atoms with E-state index in [0.717, 1.165) is 19.3 Å². The zero-order chi connectivity index (χ0) is 15.6. The number of ether oxygens (including phenoxy) is 2. The molecule has 0 aromatic rings. The van der Waals surface area contributed by atoms with Gasteiger partial charge in [0.1, 0.15) is 23.4 Å². The van der Waals surface area contributed by atoms with Gasteiger partial charge in [-0.05, 0) is 26.7 Å². The molecule has 0 radical (unpaired) electrons. The standard InChI is InChI=1S/C16H26O5/c1-4-5-6-7-8-9-11-16(3,19)14(18)12-13(17)10(2)20-15(12)21-11/h10-11,14,18-19H,4-9H2,1-3H3/t10-,11-,14-,16-/m1/s1. The molecule has 0 fully saturated rings. The summed E-state index contributed by atoms with van der Waals surface area (Å²) in [5.41, 5.74) is -1.39. The van der Waals surface area contributed by atoms with E-state index < -0.39 is 23.9 Å². The maximum Gasteiger partial charge on any atom is 0.290 e. The van der Waals surface area contributed by atoms with E-state index >= 15 is 0 Å². The lowest BCUT2D eigenvalue weighted by molar-refractivity contribution is -0.170. The van der Waals surface area contributed by atoms with E-state index in [9.17, 15) is 15.0 Å². The summed E-state index contributed by atoms with van der Waals surface area (Å²) in [7, 11) is 0. The fraction of sp³-hybridized carbons (Fsp3) is 0.812. The predicted octanol–water partition coefficient (Wildman–Crippen LogP) is 2.06. The van der Waals surface area contributed by atoms with E-state index in [2.05, 4.69) is 6.92 Å². The van der Waals surface area contributed by atoms with Crippen molar-refractivity contribution in [2.24, 2.45) is 0 Å². The van der Waals surface area contributed by atoms with Crippen LogP contribution in [0.15, 0.2) is 11.5 Å². The lowest BCUT2D eigenvalue weighted by Crippen LogP contribution is -2.55. The highest BCUT2D eigenvalue weighted by Crippen LogP contribution is 2.39. The third-order valence-electron chi connectivity index (χ3n) is 4.44. The van der Waals surface area contributed by atoms with Crippen LogP contribution in [0.4, 0.5) is 0 Å². The average molecular weight is 298 g/mol. The van der Waals surface area contributed by atoms with Gasteiger partial charge in [0.05, 0.1) is 0 Å². The second-order valence-corrected chi connectivity index (χ2v) is 6.26. The van der Waals surface area contributed by atoms with E-state index in [1.807, 2.05) is 0 Å². The molecule has 2 N–H and O–H groups in total. The molecule has 120 valence electrons. The quantitative estimate of drug-likeness (QED) is 0.734. The Morgan fingerprint density at radius 3 is 2.52 bits per heavy atom. The molecule has 2 aliphatic rings. The molecule has 2 aliphatic heterocycles. The lowest BCUT2D eigenvalue weighted by atomic mass is 9.82. The van der Waals surface area contributed by atoms with Crippen LogP contribution in [0.25, 0.3) is 0 Å². The summed E-state index contributed by atoms with van der Waals surface area (Å²) in [6.07, 6.45) is 3.72. The number of unbranched alkanes of at least 4 members (excludes halogenated alkanes) is 4. The monoisotopic (exact) mass is 298 g/mol. The number of aliphatic hydroxyl groups is 2. The Balaban J connectivity index is 2.01. The number of hydrogen-bond donors (Lipinski definition) is 2. The second-order valence-electron chi connectivity index (χ2n) is 6.26. The van der Waals surface area contributed by atoms with Crippen LogP contribution in [-0.4, -0.2) is 39.9 Å². The van der Waals surface area contributed by atoms with Crippen LogP contribution in [0, 0.1) is 0 Å². The minimum Gasteiger partial charge on any atom is -0.459 e. The van der Waals surface area contributed by atoms with Gasteiger partial charge in [-0.2, -0.15) is 0 Å². The molecule has 0 spiro atoms. The summed E-state index contributed by atoms with van der Waals surface area (Å²) in [6, 6.07) is 0. The van der Waals surface area contributed by atoms with Gasteiger partial charge < -0.3 is 19.7 Å². The van der Waals surface area contributed by atoms with Gasteiger partial charge in [-0.15, -0.1) is 0 Å². The fourth-order valence-electron chi connectivity index (χ4n) is 2.94. The van der Waals surface area contributed by atoms with Crippen molar-refractivity contribution in [1.29, 1.82) is 0 Å². The smallest absolute Gasteiger partial charge is 0.290 e. The number of Topliss-reactive ketones (excluding diaryl/α,β-unsaturated/α-hetero) is 1. The van der Waals surface area contributed by atoms with Crippen molar-refractivity contribution < 1.29 is 24.5 Å². The van der Waals surface area contributed by atoms with Crippen LogP contribution in [0.2, 0.25) is 0 Å². The van der Waals surface area contributed by atoms with E-state index in [4.69, 9.17) is 9.47 Å². The van der Waals surface area contributed by atoms with Gasteiger partial charge in [-0.25, -0.2) is 0 Å². The van der Waals surface area contributed by atoms with Gasteiger partial charge in [0, 0.05) is 0 Å². The molecule has 5 nitrogen and oxygen atoms in total. The van der Waals surface area contributed by atoms with Crippen molar-refractivity contribution in [1.82, 2.24) is 0 Å². The van der Waals surface area contributed by atoms with Crippen LogP contribution in [0.3, 0.4) is 0 Å². The third kappa shape index (κ3) is 3.09. The zero-order valence-corrected chi connectivity index (χ0v) is 13.1. The summed E-state index contributed by atoms with van der Waals surface area (Å²) in [5, 5.41) is 20.9. The van der Waals surface area contributed by atoms with E-state index in [1.165, 1.54) is 19.8 Å². The van der Waals surface area contributed by atoms with Crippen LogP contribution in [-0.2, 0) is 14.3 Å². The Bertz CT molecular complexity index is 426. The van der Waals surface area contributed by atoms with Crippen molar-refractivity contribution in [2.75, 3.05) is 0 Å². The molecular weight excluding hydrogens is 272 g/mol. The van der Waals surface area contributed by atoms with E-state index in [1.54, 1.807) is 6.92 Å². The number of carbonyl (C=O) groups excluding carboxylic acids is 1. The highest BCUT2D eigenvalue weighted by Gasteiger charge is 2.53. The van der Waals surface area contributed by atoms with Crippen LogP contribution >= 0.6 is 0 Å². The van der Waals surface area contributed by atoms with Crippen LogP contribution in [0.5, 0.6) is 0 Å². The molecule has 0 saturated heterocycles. The molecule has 4 atom stereocenters. The molecule has 0 aromatic heterocycles. The van der Waals surface area contributed by atoms with Crippen molar-refractivity contribution in [3.8, 4) is 0 Å². The largest absolute Gasteiger partial charge is 0.459 e. The number of hydrogen-bond acceptors (Lipinski definition) is 5. The Morgan fingerprint density at radius 2 is 1.86 bits per heavy atom. The fourth-order valence-corrected chi connectivity index (χ4v) is 2.94. The van der Waals surface area contributed by atoms with Gasteiger partial charge in [0.25, 0.3) is 5.95 Å². The number of ketones is 1. The van der Waals surface area contributed by atoms with Crippen molar-refractivity contribution in [3.63, 3.8) is 0 Å². The summed E-state index contributed by atoms with van der Waals surface area (Å²) < 4.78 is 11.0. The molecule has 0 amide bonds. The molecular formula is C16H26O5. The van der Waals surface area contributed by atoms with Crippen LogP contribution < -0.4 is 0 Å². The topological polar surface area (TPSA) is 76.0 Å². The molecule has 2 heterocycles. The molecule has 0 bridgehead atoms. The summed E-state index contributed by atoms with van der Waals surface area (Å²) >= 11 is 0. The summed E-state index contributed by atoms with van der Waals surface area (Å²) in [5.74, 6) is -0.204. The van der Waals surface area contributed by atoms with E-state index in [0.29, 0.717) is 6.42 Å². The minimum absolute atomic E-state index is 0.0785. The maximum absolute atomic E-state index is 11.9. The summed E-state index contributed by atoms with van der Waals surface area (Å²) in [6.45, 7) is 5.30. The Hall–Kier alpha value is -1.07. The number of rotatable bonds is 6. The Morgan fingerprint density at radius 1 is 1.19 bits per heavy atom. The SMILES string of the molecule is CCCCCCC[C@H]1OC2=C(C(=O)[C@@H](C)O2)[C@@H](O)[C@]1(C)O. The first kappa shape index (κ1) is 16.3. The molecule has 5 heteroatoms. The molecule has 21 heavy (non-hydrogen) atoms. The molecule has 0 aliphatic carbocycles. The van der Waals surface area contributed by atoms with Crippen molar-refractivity contribution in [2.45, 2.75) is 83.2 Å². The van der Waals surface area contributed by atoms with Crippen molar-refractivity contribution >= 4 is 5.78 Å². The molecule has 0 unspecified atom stereocenters. The predicted molar refractivity (Wildman–Crippen MR) is 77.5 cm³/mol.